The van der Waals surface area contributed by atoms with Crippen LogP contribution in [0.15, 0.2) is 0 Å². The minimum Gasteiger partial charge on any atom is -0.392 e. The Balaban J connectivity index is 2.06. The van der Waals surface area contributed by atoms with Crippen LogP contribution in [0.2, 0.25) is 0 Å². The van der Waals surface area contributed by atoms with Gasteiger partial charge in [0.15, 0.2) is 0 Å². The monoisotopic (exact) mass is 162 g/mol. The van der Waals surface area contributed by atoms with Crippen molar-refractivity contribution in [3.63, 3.8) is 0 Å². The van der Waals surface area contributed by atoms with Gasteiger partial charge in [-0.05, 0) is 12.8 Å². The molecule has 2 atom stereocenters. The summed E-state index contributed by atoms with van der Waals surface area (Å²) in [5.41, 5.74) is 0. The van der Waals surface area contributed by atoms with Crippen molar-refractivity contribution in [3.05, 3.63) is 0 Å². The first-order valence-corrected chi connectivity index (χ1v) is 4.66. The zero-order chi connectivity index (χ0) is 7.40. The van der Waals surface area contributed by atoms with Gasteiger partial charge >= 0.3 is 0 Å². The van der Waals surface area contributed by atoms with Crippen LogP contribution in [0.4, 0.5) is 0 Å². The average Bonchev–Trinajstić information content (AvgIpc) is 2.31. The summed E-state index contributed by atoms with van der Waals surface area (Å²) >= 11 is 1.86. The summed E-state index contributed by atoms with van der Waals surface area (Å²) in [6.07, 6.45) is 1.97. The van der Waals surface area contributed by atoms with Gasteiger partial charge in [-0.1, -0.05) is 0 Å². The molecular weight excluding hydrogens is 148 g/mol. The molecule has 0 aromatic carbocycles. The van der Waals surface area contributed by atoms with Gasteiger partial charge in [0.05, 0.1) is 6.10 Å². The Labute approximate surface area is 66.0 Å². The van der Waals surface area contributed by atoms with Crippen molar-refractivity contribution < 1.29 is 9.84 Å². The second-order valence-electron chi connectivity index (χ2n) is 2.63. The highest BCUT2D eigenvalue weighted by Crippen LogP contribution is 2.28. The molecule has 1 fully saturated rings. The van der Waals surface area contributed by atoms with Crippen molar-refractivity contribution >= 4 is 11.8 Å². The predicted octanol–water partition coefficient (Wildman–Crippen LogP) is 0.889. The molecule has 2 unspecified atom stereocenters. The summed E-state index contributed by atoms with van der Waals surface area (Å²) in [4.78, 5) is 0. The number of aliphatic hydroxyl groups is 1. The minimum absolute atomic E-state index is 0.0631. The number of hydrogen-bond donors (Lipinski definition) is 1. The molecule has 1 aliphatic heterocycles. The molecule has 0 amide bonds. The van der Waals surface area contributed by atoms with Crippen molar-refractivity contribution in [2.75, 3.05) is 19.5 Å². The largest absolute Gasteiger partial charge is 0.392 e. The molecule has 0 radical (unpaired) electrons. The SMILES string of the molecule is COCCC1CC(O)CS1. The molecule has 0 bridgehead atoms. The zero-order valence-electron chi connectivity index (χ0n) is 6.25. The Morgan fingerprint density at radius 1 is 1.70 bits per heavy atom. The number of rotatable bonds is 3. The molecule has 1 saturated heterocycles. The highest BCUT2D eigenvalue weighted by molar-refractivity contribution is 8.00. The van der Waals surface area contributed by atoms with Gasteiger partial charge in [-0.25, -0.2) is 0 Å². The third kappa shape index (κ3) is 2.48. The zero-order valence-corrected chi connectivity index (χ0v) is 7.06. The molecule has 0 spiro atoms. The van der Waals surface area contributed by atoms with Crippen LogP contribution in [0, 0.1) is 0 Å². The molecule has 1 rings (SSSR count). The second kappa shape index (κ2) is 4.21. The maximum atomic E-state index is 9.14. The molecule has 2 nitrogen and oxygen atoms in total. The number of aliphatic hydroxyl groups excluding tert-OH is 1. The van der Waals surface area contributed by atoms with E-state index in [1.165, 1.54) is 0 Å². The summed E-state index contributed by atoms with van der Waals surface area (Å²) in [6, 6.07) is 0. The molecule has 0 aromatic heterocycles. The molecule has 0 saturated carbocycles. The number of methoxy groups -OCH3 is 1. The molecular formula is C7H14O2S. The van der Waals surface area contributed by atoms with Crippen LogP contribution in [0.3, 0.4) is 0 Å². The van der Waals surface area contributed by atoms with E-state index in [0.717, 1.165) is 25.2 Å². The summed E-state index contributed by atoms with van der Waals surface area (Å²) in [7, 11) is 1.72. The Hall–Kier alpha value is 0.270. The lowest BCUT2D eigenvalue weighted by molar-refractivity contribution is 0.175. The summed E-state index contributed by atoms with van der Waals surface area (Å²) < 4.78 is 4.94. The van der Waals surface area contributed by atoms with E-state index in [9.17, 15) is 0 Å². The van der Waals surface area contributed by atoms with E-state index in [4.69, 9.17) is 9.84 Å². The van der Waals surface area contributed by atoms with Gasteiger partial charge < -0.3 is 9.84 Å². The van der Waals surface area contributed by atoms with Crippen molar-refractivity contribution in [2.45, 2.75) is 24.2 Å². The molecule has 60 valence electrons. The number of hydrogen-bond acceptors (Lipinski definition) is 3. The van der Waals surface area contributed by atoms with Gasteiger partial charge in [0.25, 0.3) is 0 Å². The van der Waals surface area contributed by atoms with Crippen molar-refractivity contribution in [1.82, 2.24) is 0 Å². The van der Waals surface area contributed by atoms with Crippen molar-refractivity contribution in [1.29, 1.82) is 0 Å². The fraction of sp³-hybridized carbons (Fsp3) is 1.00. The van der Waals surface area contributed by atoms with Gasteiger partial charge in [0, 0.05) is 24.7 Å². The average molecular weight is 162 g/mol. The third-order valence-corrected chi connectivity index (χ3v) is 3.18. The number of ether oxygens (including phenoxy) is 1. The van der Waals surface area contributed by atoms with Gasteiger partial charge in [-0.3, -0.25) is 0 Å². The fourth-order valence-electron chi connectivity index (χ4n) is 1.14. The summed E-state index contributed by atoms with van der Waals surface area (Å²) in [5, 5.41) is 9.77. The van der Waals surface area contributed by atoms with Crippen LogP contribution in [0.25, 0.3) is 0 Å². The standard InChI is InChI=1S/C7H14O2S/c1-9-3-2-7-4-6(8)5-10-7/h6-8H,2-5H2,1H3. The predicted molar refractivity (Wildman–Crippen MR) is 43.4 cm³/mol. The Morgan fingerprint density at radius 3 is 3.00 bits per heavy atom. The Bertz CT molecular complexity index is 97.6. The van der Waals surface area contributed by atoms with Crippen LogP contribution >= 0.6 is 11.8 Å². The smallest absolute Gasteiger partial charge is 0.0641 e. The second-order valence-corrected chi connectivity index (χ2v) is 3.96. The highest BCUT2D eigenvalue weighted by Gasteiger charge is 2.22. The van der Waals surface area contributed by atoms with E-state index in [2.05, 4.69) is 0 Å². The van der Waals surface area contributed by atoms with E-state index in [0.29, 0.717) is 5.25 Å². The van der Waals surface area contributed by atoms with Gasteiger partial charge in [-0.15, -0.1) is 0 Å². The topological polar surface area (TPSA) is 29.5 Å². The quantitative estimate of drug-likeness (QED) is 0.668. The van der Waals surface area contributed by atoms with E-state index in [-0.39, 0.29) is 6.10 Å². The van der Waals surface area contributed by atoms with Crippen LogP contribution in [0.1, 0.15) is 12.8 Å². The van der Waals surface area contributed by atoms with Crippen molar-refractivity contribution in [2.24, 2.45) is 0 Å². The minimum atomic E-state index is -0.0631. The van der Waals surface area contributed by atoms with Crippen LogP contribution in [-0.4, -0.2) is 35.9 Å². The van der Waals surface area contributed by atoms with Gasteiger partial charge in [0.2, 0.25) is 0 Å². The van der Waals surface area contributed by atoms with Crippen LogP contribution in [-0.2, 0) is 4.74 Å². The van der Waals surface area contributed by atoms with Crippen molar-refractivity contribution in [3.8, 4) is 0 Å². The summed E-state index contributed by atoms with van der Waals surface area (Å²) in [5.74, 6) is 0.911. The lowest BCUT2D eigenvalue weighted by atomic mass is 10.2. The highest BCUT2D eigenvalue weighted by atomic mass is 32.2. The van der Waals surface area contributed by atoms with Crippen LogP contribution < -0.4 is 0 Å². The molecule has 3 heteroatoms. The lowest BCUT2D eigenvalue weighted by Crippen LogP contribution is -2.07. The number of thioether (sulfide) groups is 1. The molecule has 10 heavy (non-hydrogen) atoms. The van der Waals surface area contributed by atoms with E-state index in [1.54, 1.807) is 7.11 Å². The molecule has 0 aromatic rings. The van der Waals surface area contributed by atoms with E-state index < -0.39 is 0 Å². The third-order valence-electron chi connectivity index (χ3n) is 1.70. The summed E-state index contributed by atoms with van der Waals surface area (Å²) in [6.45, 7) is 0.824. The normalized spacial score (nSPS) is 33.0. The fourth-order valence-corrected chi connectivity index (χ4v) is 2.39. The maximum Gasteiger partial charge on any atom is 0.0641 e. The first-order valence-electron chi connectivity index (χ1n) is 3.61. The van der Waals surface area contributed by atoms with Gasteiger partial charge in [-0.2, -0.15) is 11.8 Å². The molecule has 1 N–H and O–H groups in total. The lowest BCUT2D eigenvalue weighted by Gasteiger charge is -2.05. The first-order chi connectivity index (χ1) is 4.83. The Kier molecular flexibility index (Phi) is 3.52. The van der Waals surface area contributed by atoms with E-state index in [1.807, 2.05) is 11.8 Å². The van der Waals surface area contributed by atoms with E-state index >= 15 is 0 Å². The molecule has 1 heterocycles. The van der Waals surface area contributed by atoms with Gasteiger partial charge in [0.1, 0.15) is 0 Å². The molecule has 1 aliphatic rings. The molecule has 0 aliphatic carbocycles. The first kappa shape index (κ1) is 8.37. The Morgan fingerprint density at radius 2 is 2.50 bits per heavy atom. The maximum absolute atomic E-state index is 9.14. The van der Waals surface area contributed by atoms with Crippen LogP contribution in [0.5, 0.6) is 0 Å².